The topological polar surface area (TPSA) is 87.6 Å². The van der Waals surface area contributed by atoms with Crippen LogP contribution < -0.4 is 10.2 Å². The van der Waals surface area contributed by atoms with Crippen molar-refractivity contribution in [3.63, 3.8) is 0 Å². The van der Waals surface area contributed by atoms with Crippen LogP contribution in [0.2, 0.25) is 0 Å². The van der Waals surface area contributed by atoms with Gasteiger partial charge in [0.05, 0.1) is 17.7 Å². The molecule has 1 amide bonds. The molecular weight excluding hydrogens is 341 g/mol. The molecule has 2 N–H and O–H groups in total. The number of hydrogen-bond acceptors (Lipinski definition) is 6. The van der Waals surface area contributed by atoms with Crippen molar-refractivity contribution in [2.75, 3.05) is 18.0 Å². The maximum Gasteiger partial charge on any atom is 0.419 e. The van der Waals surface area contributed by atoms with E-state index in [1.807, 2.05) is 0 Å². The maximum absolute atomic E-state index is 12.5. The summed E-state index contributed by atoms with van der Waals surface area (Å²) in [5.74, 6) is 0.0998. The van der Waals surface area contributed by atoms with Gasteiger partial charge in [0.15, 0.2) is 0 Å². The smallest absolute Gasteiger partial charge is 0.419 e. The van der Waals surface area contributed by atoms with Crippen LogP contribution in [0.15, 0.2) is 12.4 Å². The molecule has 140 valence electrons. The summed E-state index contributed by atoms with van der Waals surface area (Å²) in [4.78, 5) is 20.8. The zero-order chi connectivity index (χ0) is 18.8. The summed E-state index contributed by atoms with van der Waals surface area (Å²) in [6.07, 6.45) is -4.25. The van der Waals surface area contributed by atoms with E-state index in [0.29, 0.717) is 25.4 Å². The molecule has 0 saturated carbocycles. The number of alkyl halides is 3. The van der Waals surface area contributed by atoms with Crippen molar-refractivity contribution in [3.05, 3.63) is 18.0 Å². The van der Waals surface area contributed by atoms with E-state index in [9.17, 15) is 23.1 Å². The molecular formula is C15H21F3N4O3. The van der Waals surface area contributed by atoms with Gasteiger partial charge in [-0.3, -0.25) is 0 Å². The molecule has 0 radical (unpaired) electrons. The second-order valence-electron chi connectivity index (χ2n) is 6.82. The number of alkyl carbamates (subject to hydrolysis) is 1. The van der Waals surface area contributed by atoms with E-state index in [1.165, 1.54) is 0 Å². The van der Waals surface area contributed by atoms with E-state index >= 15 is 0 Å². The Bertz CT molecular complexity index is 602. The number of aliphatic hydroxyl groups is 1. The lowest BCUT2D eigenvalue weighted by molar-refractivity contribution is -0.138. The van der Waals surface area contributed by atoms with Crippen molar-refractivity contribution in [3.8, 4) is 0 Å². The minimum Gasteiger partial charge on any atom is -0.444 e. The molecule has 1 aliphatic rings. The number of aromatic nitrogens is 2. The average Bonchev–Trinajstić information content (AvgIpc) is 2.46. The minimum atomic E-state index is -4.50. The number of amides is 1. The number of nitrogens with zero attached hydrogens (tertiary/aromatic N) is 3. The lowest BCUT2D eigenvalue weighted by Crippen LogP contribution is -2.55. The minimum absolute atomic E-state index is 0.0891. The Balaban J connectivity index is 1.94. The van der Waals surface area contributed by atoms with Crippen LogP contribution in [0.4, 0.5) is 23.9 Å². The normalized spacial score (nSPS) is 21.8. The summed E-state index contributed by atoms with van der Waals surface area (Å²) in [6.45, 7) is 5.66. The molecule has 1 aliphatic heterocycles. The summed E-state index contributed by atoms with van der Waals surface area (Å²) >= 11 is 0. The zero-order valence-electron chi connectivity index (χ0n) is 14.2. The Morgan fingerprint density at radius 2 is 1.92 bits per heavy atom. The molecule has 2 rings (SSSR count). The number of β-amino-alcohol motifs (C(OH)–C–C–N with tert-alkyl or cyclic N) is 1. The molecule has 0 spiro atoms. The predicted octanol–water partition coefficient (Wildman–Crippen LogP) is 1.96. The van der Waals surface area contributed by atoms with Gasteiger partial charge in [0.2, 0.25) is 5.95 Å². The fraction of sp³-hybridized carbons (Fsp3) is 0.667. The van der Waals surface area contributed by atoms with Crippen LogP contribution in [0.1, 0.15) is 32.8 Å². The van der Waals surface area contributed by atoms with Crippen LogP contribution in [0.3, 0.4) is 0 Å². The second kappa shape index (κ2) is 7.03. The Hall–Kier alpha value is -2.10. The number of halogens is 3. The Kier molecular flexibility index (Phi) is 5.40. The molecule has 0 bridgehead atoms. The number of aliphatic hydroxyl groups excluding tert-OH is 1. The van der Waals surface area contributed by atoms with Gasteiger partial charge in [0.1, 0.15) is 5.60 Å². The van der Waals surface area contributed by atoms with E-state index < -0.39 is 35.6 Å². The number of carbonyl (C=O) groups is 1. The number of hydrogen-bond donors (Lipinski definition) is 2. The Labute approximate surface area is 143 Å². The van der Waals surface area contributed by atoms with Crippen LogP contribution in [0.25, 0.3) is 0 Å². The van der Waals surface area contributed by atoms with Gasteiger partial charge in [-0.15, -0.1) is 0 Å². The molecule has 0 aromatic carbocycles. The molecule has 0 unspecified atom stereocenters. The molecule has 7 nitrogen and oxygen atoms in total. The van der Waals surface area contributed by atoms with Gasteiger partial charge < -0.3 is 20.1 Å². The third-order valence-electron chi connectivity index (χ3n) is 3.53. The van der Waals surface area contributed by atoms with E-state index in [-0.39, 0.29) is 12.5 Å². The highest BCUT2D eigenvalue weighted by Crippen LogP contribution is 2.28. The predicted molar refractivity (Wildman–Crippen MR) is 83.0 cm³/mol. The van der Waals surface area contributed by atoms with E-state index in [1.54, 1.807) is 25.7 Å². The molecule has 2 heterocycles. The largest absolute Gasteiger partial charge is 0.444 e. The second-order valence-corrected chi connectivity index (χ2v) is 6.82. The SMILES string of the molecule is CC(C)(C)OC(=O)N[C@@H]1CCN(c2ncc(C(F)(F)F)cn2)C[C@H]1O. The van der Waals surface area contributed by atoms with Crippen molar-refractivity contribution >= 4 is 12.0 Å². The van der Waals surface area contributed by atoms with Crippen LogP contribution in [-0.2, 0) is 10.9 Å². The molecule has 1 aromatic rings. The van der Waals surface area contributed by atoms with Crippen molar-refractivity contribution in [1.82, 2.24) is 15.3 Å². The quantitative estimate of drug-likeness (QED) is 0.836. The monoisotopic (exact) mass is 362 g/mol. The third kappa shape index (κ3) is 5.45. The first-order valence-electron chi connectivity index (χ1n) is 7.77. The van der Waals surface area contributed by atoms with Crippen molar-refractivity contribution in [1.29, 1.82) is 0 Å². The highest BCUT2D eigenvalue weighted by atomic mass is 19.4. The summed E-state index contributed by atoms with van der Waals surface area (Å²) in [7, 11) is 0. The Morgan fingerprint density at radius 1 is 1.32 bits per heavy atom. The molecule has 10 heteroatoms. The van der Waals surface area contributed by atoms with E-state index in [4.69, 9.17) is 4.74 Å². The maximum atomic E-state index is 12.5. The third-order valence-corrected chi connectivity index (χ3v) is 3.53. The highest BCUT2D eigenvalue weighted by molar-refractivity contribution is 5.68. The molecule has 1 aromatic heterocycles. The molecule has 2 atom stereocenters. The fourth-order valence-corrected chi connectivity index (χ4v) is 2.37. The first-order chi connectivity index (χ1) is 11.5. The first kappa shape index (κ1) is 19.2. The zero-order valence-corrected chi connectivity index (χ0v) is 14.2. The summed E-state index contributed by atoms with van der Waals surface area (Å²) in [5, 5.41) is 12.8. The Morgan fingerprint density at radius 3 is 2.40 bits per heavy atom. The van der Waals surface area contributed by atoms with Gasteiger partial charge in [-0.25, -0.2) is 14.8 Å². The van der Waals surface area contributed by atoms with E-state index in [0.717, 1.165) is 0 Å². The number of carbonyl (C=O) groups excluding carboxylic acids is 1. The lowest BCUT2D eigenvalue weighted by Gasteiger charge is -2.36. The molecule has 25 heavy (non-hydrogen) atoms. The summed E-state index contributed by atoms with van der Waals surface area (Å²) in [5.41, 5.74) is -1.58. The molecule has 1 fully saturated rings. The standard InChI is InChI=1S/C15H21F3N4O3/c1-14(2,3)25-13(24)21-10-4-5-22(8-11(10)23)12-19-6-9(7-20-12)15(16,17)18/h6-7,10-11,23H,4-5,8H2,1-3H3,(H,21,24)/t10-,11-/m1/s1. The van der Waals surface area contributed by atoms with Gasteiger partial charge in [0, 0.05) is 25.5 Å². The van der Waals surface area contributed by atoms with Gasteiger partial charge in [-0.05, 0) is 27.2 Å². The van der Waals surface area contributed by atoms with Crippen molar-refractivity contribution in [2.24, 2.45) is 0 Å². The molecule has 0 aliphatic carbocycles. The van der Waals surface area contributed by atoms with Crippen molar-refractivity contribution in [2.45, 2.75) is 51.1 Å². The summed E-state index contributed by atoms with van der Waals surface area (Å²) < 4.78 is 42.7. The van der Waals surface area contributed by atoms with E-state index in [2.05, 4.69) is 15.3 Å². The number of anilines is 1. The number of piperidine rings is 1. The van der Waals surface area contributed by atoms with Crippen LogP contribution in [0.5, 0.6) is 0 Å². The lowest BCUT2D eigenvalue weighted by atomic mass is 10.0. The van der Waals surface area contributed by atoms with Crippen molar-refractivity contribution < 1.29 is 27.8 Å². The molecule has 1 saturated heterocycles. The number of rotatable bonds is 2. The van der Waals surface area contributed by atoms with Crippen LogP contribution in [-0.4, -0.2) is 52.0 Å². The number of nitrogens with one attached hydrogen (secondary N) is 1. The van der Waals surface area contributed by atoms with Gasteiger partial charge in [-0.2, -0.15) is 13.2 Å². The van der Waals surface area contributed by atoms with Crippen LogP contribution >= 0.6 is 0 Å². The fourth-order valence-electron chi connectivity index (χ4n) is 2.37. The van der Waals surface area contributed by atoms with Gasteiger partial charge in [-0.1, -0.05) is 0 Å². The van der Waals surface area contributed by atoms with Gasteiger partial charge >= 0.3 is 12.3 Å². The van der Waals surface area contributed by atoms with Crippen LogP contribution in [0, 0.1) is 0 Å². The highest BCUT2D eigenvalue weighted by Gasteiger charge is 2.33. The summed E-state index contributed by atoms with van der Waals surface area (Å²) in [6, 6.07) is -0.513. The average molecular weight is 362 g/mol. The first-order valence-corrected chi connectivity index (χ1v) is 7.77. The number of ether oxygens (including phenoxy) is 1. The van der Waals surface area contributed by atoms with Gasteiger partial charge in [0.25, 0.3) is 0 Å².